The fraction of sp³-hybridized carbons (Fsp3) is 0.188. The summed E-state index contributed by atoms with van der Waals surface area (Å²) < 4.78 is 20.7. The Bertz CT molecular complexity index is 864. The van der Waals surface area contributed by atoms with Crippen molar-refractivity contribution in [2.24, 2.45) is 7.05 Å². The van der Waals surface area contributed by atoms with Gasteiger partial charge in [-0.25, -0.2) is 9.18 Å². The van der Waals surface area contributed by atoms with E-state index in [1.54, 1.807) is 6.07 Å². The van der Waals surface area contributed by atoms with E-state index in [-0.39, 0.29) is 29.1 Å². The van der Waals surface area contributed by atoms with Crippen molar-refractivity contribution in [1.82, 2.24) is 4.57 Å². The van der Waals surface area contributed by atoms with Gasteiger partial charge in [0.1, 0.15) is 23.5 Å². The number of nitrogens with one attached hydrogen (secondary N) is 1. The van der Waals surface area contributed by atoms with E-state index in [2.05, 4.69) is 5.32 Å². The van der Waals surface area contributed by atoms with Gasteiger partial charge in [0.15, 0.2) is 0 Å². The standard InChI is InChI=1S/C16H14FIN2O4/c1-20-13(22)7-9(5-6-21)14(16(23)24-2)15(20)19-12-4-3-10(18)8-11(12)17/h3-4,6-8,19H,5H2,1-2H3. The molecule has 1 N–H and O–H groups in total. The Kier molecular flexibility index (Phi) is 5.71. The zero-order valence-corrected chi connectivity index (χ0v) is 15.1. The summed E-state index contributed by atoms with van der Waals surface area (Å²) in [5.41, 5.74) is -0.107. The van der Waals surface area contributed by atoms with Crippen LogP contribution in [0.4, 0.5) is 15.9 Å². The number of ether oxygens (including phenoxy) is 1. The van der Waals surface area contributed by atoms with Crippen molar-refractivity contribution in [2.45, 2.75) is 6.42 Å². The molecule has 1 heterocycles. The smallest absolute Gasteiger partial charge is 0.341 e. The first-order valence-corrected chi connectivity index (χ1v) is 7.93. The van der Waals surface area contributed by atoms with Crippen LogP contribution in [0.3, 0.4) is 0 Å². The van der Waals surface area contributed by atoms with Crippen LogP contribution in [0, 0.1) is 9.39 Å². The van der Waals surface area contributed by atoms with Crippen LogP contribution in [0.2, 0.25) is 0 Å². The number of hydrogen-bond acceptors (Lipinski definition) is 5. The van der Waals surface area contributed by atoms with Crippen molar-refractivity contribution in [1.29, 1.82) is 0 Å². The topological polar surface area (TPSA) is 77.4 Å². The van der Waals surface area contributed by atoms with Crippen LogP contribution < -0.4 is 10.9 Å². The maximum atomic E-state index is 14.1. The highest BCUT2D eigenvalue weighted by molar-refractivity contribution is 14.1. The molecule has 2 aromatic rings. The van der Waals surface area contributed by atoms with Gasteiger partial charge in [-0.3, -0.25) is 9.36 Å². The molecular weight excluding hydrogens is 430 g/mol. The summed E-state index contributed by atoms with van der Waals surface area (Å²) in [6.45, 7) is 0. The summed E-state index contributed by atoms with van der Waals surface area (Å²) in [6, 6.07) is 5.68. The fourth-order valence-electron chi connectivity index (χ4n) is 2.19. The fourth-order valence-corrected chi connectivity index (χ4v) is 2.65. The van der Waals surface area contributed by atoms with Gasteiger partial charge in [0.2, 0.25) is 0 Å². The van der Waals surface area contributed by atoms with Gasteiger partial charge >= 0.3 is 5.97 Å². The van der Waals surface area contributed by atoms with Gasteiger partial charge in [-0.15, -0.1) is 0 Å². The lowest BCUT2D eigenvalue weighted by Crippen LogP contribution is -2.25. The molecule has 0 aliphatic carbocycles. The first-order valence-electron chi connectivity index (χ1n) is 6.86. The molecular formula is C16H14FIN2O4. The third-order valence-corrected chi connectivity index (χ3v) is 4.07. The molecule has 1 aromatic carbocycles. The SMILES string of the molecule is COC(=O)c1c(CC=O)cc(=O)n(C)c1Nc1ccc(I)cc1F. The molecule has 0 bridgehead atoms. The highest BCUT2D eigenvalue weighted by Crippen LogP contribution is 2.26. The molecule has 8 heteroatoms. The van der Waals surface area contributed by atoms with E-state index in [1.807, 2.05) is 22.6 Å². The van der Waals surface area contributed by atoms with Crippen LogP contribution in [-0.2, 0) is 23.0 Å². The molecule has 0 unspecified atom stereocenters. The molecule has 0 aliphatic rings. The highest BCUT2D eigenvalue weighted by Gasteiger charge is 2.22. The van der Waals surface area contributed by atoms with Crippen LogP contribution in [0.1, 0.15) is 15.9 Å². The van der Waals surface area contributed by atoms with Crippen LogP contribution in [-0.4, -0.2) is 23.9 Å². The Morgan fingerprint density at radius 2 is 2.12 bits per heavy atom. The number of carbonyl (C=O) groups is 2. The third kappa shape index (κ3) is 3.64. The maximum Gasteiger partial charge on any atom is 0.341 e. The summed E-state index contributed by atoms with van der Waals surface area (Å²) >= 11 is 1.97. The Balaban J connectivity index is 2.68. The molecule has 0 amide bonds. The predicted molar refractivity (Wildman–Crippen MR) is 95.2 cm³/mol. The molecule has 1 aromatic heterocycles. The molecule has 6 nitrogen and oxygen atoms in total. The second-order valence-electron chi connectivity index (χ2n) is 4.90. The molecule has 0 saturated heterocycles. The molecule has 0 fully saturated rings. The number of halogens is 2. The minimum Gasteiger partial charge on any atom is -0.465 e. The zero-order valence-electron chi connectivity index (χ0n) is 12.9. The lowest BCUT2D eigenvalue weighted by molar-refractivity contribution is -0.107. The number of nitrogens with zero attached hydrogens (tertiary/aromatic N) is 1. The number of pyridine rings is 1. The minimum atomic E-state index is -0.726. The van der Waals surface area contributed by atoms with Gasteiger partial charge in [0, 0.05) is 23.1 Å². The summed E-state index contributed by atoms with van der Waals surface area (Å²) in [4.78, 5) is 35.1. The summed E-state index contributed by atoms with van der Waals surface area (Å²) in [6.07, 6.45) is 0.445. The number of aromatic nitrogens is 1. The van der Waals surface area contributed by atoms with Crippen LogP contribution in [0.5, 0.6) is 0 Å². The molecule has 126 valence electrons. The Hall–Kier alpha value is -2.23. The number of hydrogen-bond donors (Lipinski definition) is 1. The number of esters is 1. The van der Waals surface area contributed by atoms with Crippen molar-refractivity contribution in [3.05, 3.63) is 55.1 Å². The van der Waals surface area contributed by atoms with E-state index in [1.165, 1.54) is 32.4 Å². The summed E-state index contributed by atoms with van der Waals surface area (Å²) in [5.74, 6) is -1.20. The molecule has 2 rings (SSSR count). The largest absolute Gasteiger partial charge is 0.465 e. The molecule has 0 spiro atoms. The number of benzene rings is 1. The monoisotopic (exact) mass is 444 g/mol. The molecule has 0 atom stereocenters. The van der Waals surface area contributed by atoms with Gasteiger partial charge in [-0.1, -0.05) is 0 Å². The Morgan fingerprint density at radius 3 is 2.71 bits per heavy atom. The molecule has 24 heavy (non-hydrogen) atoms. The maximum absolute atomic E-state index is 14.1. The van der Waals surface area contributed by atoms with Gasteiger partial charge < -0.3 is 14.8 Å². The number of methoxy groups -OCH3 is 1. The number of aldehydes is 1. The predicted octanol–water partition coefficient (Wildman–Crippen LogP) is 2.40. The van der Waals surface area contributed by atoms with Crippen molar-refractivity contribution in [2.75, 3.05) is 12.4 Å². The van der Waals surface area contributed by atoms with E-state index >= 15 is 0 Å². The zero-order chi connectivity index (χ0) is 17.9. The van der Waals surface area contributed by atoms with Crippen molar-refractivity contribution in [3.8, 4) is 0 Å². The van der Waals surface area contributed by atoms with E-state index in [0.29, 0.717) is 9.86 Å². The summed E-state index contributed by atoms with van der Waals surface area (Å²) in [7, 11) is 2.62. The quantitative estimate of drug-likeness (QED) is 0.436. The van der Waals surface area contributed by atoms with Crippen LogP contribution >= 0.6 is 22.6 Å². The van der Waals surface area contributed by atoms with Crippen molar-refractivity contribution in [3.63, 3.8) is 0 Å². The molecule has 0 aliphatic heterocycles. The first kappa shape index (κ1) is 18.1. The normalized spacial score (nSPS) is 10.3. The molecule has 0 radical (unpaired) electrons. The van der Waals surface area contributed by atoms with E-state index < -0.39 is 17.3 Å². The van der Waals surface area contributed by atoms with E-state index in [4.69, 9.17) is 4.74 Å². The van der Waals surface area contributed by atoms with Crippen LogP contribution in [0.25, 0.3) is 0 Å². The van der Waals surface area contributed by atoms with Gasteiger partial charge in [-0.2, -0.15) is 0 Å². The van der Waals surface area contributed by atoms with Crippen molar-refractivity contribution >= 4 is 46.4 Å². The van der Waals surface area contributed by atoms with Crippen LogP contribution in [0.15, 0.2) is 29.1 Å². The Labute approximate surface area is 150 Å². The second-order valence-corrected chi connectivity index (χ2v) is 6.15. The van der Waals surface area contributed by atoms with Gasteiger partial charge in [-0.05, 0) is 46.4 Å². The minimum absolute atomic E-state index is 0.0182. The van der Waals surface area contributed by atoms with E-state index in [0.717, 1.165) is 4.57 Å². The second kappa shape index (κ2) is 7.56. The van der Waals surface area contributed by atoms with Crippen molar-refractivity contribution < 1.29 is 18.7 Å². The molecule has 0 saturated carbocycles. The third-order valence-electron chi connectivity index (χ3n) is 3.40. The average molecular weight is 444 g/mol. The lowest BCUT2D eigenvalue weighted by atomic mass is 10.1. The summed E-state index contributed by atoms with van der Waals surface area (Å²) in [5, 5.41) is 2.76. The highest BCUT2D eigenvalue weighted by atomic mass is 127. The van der Waals surface area contributed by atoms with Gasteiger partial charge in [0.25, 0.3) is 5.56 Å². The number of rotatable bonds is 5. The average Bonchev–Trinajstić information content (AvgIpc) is 2.54. The number of anilines is 2. The lowest BCUT2D eigenvalue weighted by Gasteiger charge is -2.17. The number of carbonyl (C=O) groups excluding carboxylic acids is 2. The Morgan fingerprint density at radius 1 is 1.42 bits per heavy atom. The van der Waals surface area contributed by atoms with Gasteiger partial charge in [0.05, 0.1) is 12.8 Å². The van der Waals surface area contributed by atoms with E-state index in [9.17, 15) is 18.8 Å². The first-order chi connectivity index (χ1) is 11.4.